The first kappa shape index (κ1) is 16.0. The van der Waals surface area contributed by atoms with Crippen molar-refractivity contribution in [1.82, 2.24) is 0 Å². The van der Waals surface area contributed by atoms with E-state index in [2.05, 4.69) is 63.4 Å². The van der Waals surface area contributed by atoms with E-state index in [4.69, 9.17) is 0 Å². The summed E-state index contributed by atoms with van der Waals surface area (Å²) in [5.74, 6) is 0. The van der Waals surface area contributed by atoms with Crippen molar-refractivity contribution in [3.05, 3.63) is 84.5 Å². The molecule has 20 heavy (non-hydrogen) atoms. The Kier molecular flexibility index (Phi) is 6.52. The highest BCUT2D eigenvalue weighted by atomic mass is 14.1. The summed E-state index contributed by atoms with van der Waals surface area (Å²) in [5, 5.41) is 0. The van der Waals surface area contributed by atoms with E-state index < -0.39 is 0 Å². The van der Waals surface area contributed by atoms with Crippen LogP contribution in [0.2, 0.25) is 0 Å². The van der Waals surface area contributed by atoms with Gasteiger partial charge in [0.05, 0.1) is 0 Å². The van der Waals surface area contributed by atoms with Crippen molar-refractivity contribution in [2.24, 2.45) is 0 Å². The largest absolute Gasteiger partial charge is 0.0990 e. The van der Waals surface area contributed by atoms with Crippen molar-refractivity contribution < 1.29 is 0 Å². The van der Waals surface area contributed by atoms with Gasteiger partial charge < -0.3 is 0 Å². The Morgan fingerprint density at radius 2 is 1.75 bits per heavy atom. The Morgan fingerprint density at radius 3 is 2.25 bits per heavy atom. The molecule has 0 saturated heterocycles. The van der Waals surface area contributed by atoms with E-state index in [1.54, 1.807) is 6.08 Å². The molecule has 0 spiro atoms. The van der Waals surface area contributed by atoms with E-state index >= 15 is 0 Å². The monoisotopic (exact) mass is 264 g/mol. The highest BCUT2D eigenvalue weighted by molar-refractivity contribution is 5.80. The first-order valence-electron chi connectivity index (χ1n) is 7.06. The third kappa shape index (κ3) is 4.24. The average Bonchev–Trinajstić information content (AvgIpc) is 2.43. The lowest BCUT2D eigenvalue weighted by Gasteiger charge is -2.10. The zero-order valence-electron chi connectivity index (χ0n) is 12.8. The van der Waals surface area contributed by atoms with Crippen LogP contribution in [0.4, 0.5) is 0 Å². The Morgan fingerprint density at radius 1 is 1.10 bits per heavy atom. The first-order valence-corrected chi connectivity index (χ1v) is 7.06. The molecule has 0 aliphatic heterocycles. The molecular formula is C20H24. The van der Waals surface area contributed by atoms with Crippen LogP contribution in [0.3, 0.4) is 0 Å². The number of hydrogen-bond acceptors (Lipinski definition) is 0. The van der Waals surface area contributed by atoms with Gasteiger partial charge in [-0.1, -0.05) is 68.7 Å². The summed E-state index contributed by atoms with van der Waals surface area (Å²) in [6, 6.07) is 6.62. The van der Waals surface area contributed by atoms with Crippen LogP contribution in [0.25, 0.3) is 11.1 Å². The van der Waals surface area contributed by atoms with Gasteiger partial charge in [-0.05, 0) is 54.2 Å². The molecule has 0 amide bonds. The molecule has 0 bridgehead atoms. The van der Waals surface area contributed by atoms with Crippen LogP contribution < -0.4 is 0 Å². The number of hydrogen-bond donors (Lipinski definition) is 0. The van der Waals surface area contributed by atoms with Crippen LogP contribution in [0.1, 0.15) is 37.0 Å². The van der Waals surface area contributed by atoms with Crippen LogP contribution in [0, 0.1) is 6.92 Å². The maximum Gasteiger partial charge on any atom is -0.0175 e. The summed E-state index contributed by atoms with van der Waals surface area (Å²) < 4.78 is 0. The van der Waals surface area contributed by atoms with Gasteiger partial charge in [0.1, 0.15) is 0 Å². The van der Waals surface area contributed by atoms with Crippen LogP contribution in [-0.4, -0.2) is 0 Å². The average molecular weight is 264 g/mol. The molecule has 0 atom stereocenters. The van der Waals surface area contributed by atoms with E-state index in [0.717, 1.165) is 12.0 Å². The number of aryl methyl sites for hydroxylation is 1. The predicted octanol–water partition coefficient (Wildman–Crippen LogP) is 6.12. The summed E-state index contributed by atoms with van der Waals surface area (Å²) in [6.07, 6.45) is 13.2. The lowest BCUT2D eigenvalue weighted by molar-refractivity contribution is 1.23. The van der Waals surface area contributed by atoms with Crippen LogP contribution in [0.5, 0.6) is 0 Å². The molecule has 0 heterocycles. The smallest absolute Gasteiger partial charge is 0.0175 e. The maximum absolute atomic E-state index is 3.89. The molecule has 0 aliphatic carbocycles. The van der Waals surface area contributed by atoms with Gasteiger partial charge >= 0.3 is 0 Å². The maximum atomic E-state index is 3.89. The zero-order chi connectivity index (χ0) is 15.0. The van der Waals surface area contributed by atoms with E-state index in [1.165, 1.54) is 22.3 Å². The van der Waals surface area contributed by atoms with Gasteiger partial charge in [-0.2, -0.15) is 0 Å². The first-order chi connectivity index (χ1) is 9.65. The van der Waals surface area contributed by atoms with Crippen molar-refractivity contribution >= 4 is 11.1 Å². The van der Waals surface area contributed by atoms with Crippen molar-refractivity contribution in [2.75, 3.05) is 0 Å². The number of benzene rings is 1. The van der Waals surface area contributed by atoms with Gasteiger partial charge in [0.2, 0.25) is 0 Å². The Balaban J connectivity index is 3.40. The molecule has 0 N–H and O–H groups in total. The molecule has 1 aromatic rings. The molecule has 0 aliphatic rings. The van der Waals surface area contributed by atoms with Crippen molar-refractivity contribution in [3.63, 3.8) is 0 Å². The molecule has 1 rings (SSSR count). The zero-order valence-corrected chi connectivity index (χ0v) is 12.8. The van der Waals surface area contributed by atoms with Gasteiger partial charge in [0.25, 0.3) is 0 Å². The van der Waals surface area contributed by atoms with Crippen LogP contribution >= 0.6 is 0 Å². The van der Waals surface area contributed by atoms with E-state index in [1.807, 2.05) is 19.1 Å². The second-order valence-corrected chi connectivity index (χ2v) is 4.72. The Hall–Kier alpha value is -2.08. The lowest BCUT2D eigenvalue weighted by Crippen LogP contribution is -1.89. The van der Waals surface area contributed by atoms with E-state index in [0.29, 0.717) is 0 Å². The second-order valence-electron chi connectivity index (χ2n) is 4.72. The summed E-state index contributed by atoms with van der Waals surface area (Å²) in [7, 11) is 0. The quantitative estimate of drug-likeness (QED) is 0.543. The molecule has 0 heteroatoms. The minimum atomic E-state index is 1.03. The molecule has 0 fully saturated rings. The molecule has 0 aromatic heterocycles. The third-order valence-corrected chi connectivity index (χ3v) is 3.03. The van der Waals surface area contributed by atoms with Gasteiger partial charge in [0.15, 0.2) is 0 Å². The molecule has 0 radical (unpaired) electrons. The van der Waals surface area contributed by atoms with Gasteiger partial charge in [-0.15, -0.1) is 0 Å². The van der Waals surface area contributed by atoms with Crippen LogP contribution in [-0.2, 0) is 0 Å². The summed E-state index contributed by atoms with van der Waals surface area (Å²) in [5.41, 5.74) is 6.04. The minimum absolute atomic E-state index is 1.03. The van der Waals surface area contributed by atoms with Gasteiger partial charge in [-0.3, -0.25) is 0 Å². The Labute approximate surface area is 123 Å². The summed E-state index contributed by atoms with van der Waals surface area (Å²) in [4.78, 5) is 0. The normalized spacial score (nSPS) is 12.8. The topological polar surface area (TPSA) is 0 Å². The Bertz CT molecular complexity index is 566. The van der Waals surface area contributed by atoms with Gasteiger partial charge in [0, 0.05) is 0 Å². The molecule has 0 nitrogen and oxygen atoms in total. The van der Waals surface area contributed by atoms with Crippen molar-refractivity contribution in [3.8, 4) is 0 Å². The fraction of sp³-hybridized carbons (Fsp3) is 0.200. The van der Waals surface area contributed by atoms with Crippen LogP contribution in [0.15, 0.2) is 67.8 Å². The van der Waals surface area contributed by atoms with E-state index in [9.17, 15) is 0 Å². The molecule has 1 aromatic carbocycles. The van der Waals surface area contributed by atoms with Crippen molar-refractivity contribution in [1.29, 1.82) is 0 Å². The minimum Gasteiger partial charge on any atom is -0.0990 e. The number of allylic oxidation sites excluding steroid dienone is 8. The molecule has 0 saturated carbocycles. The van der Waals surface area contributed by atoms with Crippen molar-refractivity contribution in [2.45, 2.75) is 27.2 Å². The standard InChI is InChI=1S/C20H24/c1-6-10-17(9-4)19-13-16(5)14-20(15-19)18(11-7-2)12-8-3/h6-7,9-15H,1,4,8H2,2-3,5H3/b11-7-,17-10+,18-12+. The van der Waals surface area contributed by atoms with Gasteiger partial charge in [-0.25, -0.2) is 0 Å². The second kappa shape index (κ2) is 8.16. The lowest BCUT2D eigenvalue weighted by atomic mass is 9.95. The fourth-order valence-electron chi connectivity index (χ4n) is 2.21. The molecular weight excluding hydrogens is 240 g/mol. The molecule has 0 unspecified atom stereocenters. The third-order valence-electron chi connectivity index (χ3n) is 3.03. The SMILES string of the molecule is C=C/C=C(\C=C)c1cc(C)cc(C(/C=C\C)=C/CC)c1. The fourth-order valence-corrected chi connectivity index (χ4v) is 2.21. The summed E-state index contributed by atoms with van der Waals surface area (Å²) in [6.45, 7) is 14.0. The predicted molar refractivity (Wildman–Crippen MR) is 92.6 cm³/mol. The highest BCUT2D eigenvalue weighted by Crippen LogP contribution is 2.25. The summed E-state index contributed by atoms with van der Waals surface area (Å²) >= 11 is 0. The number of rotatable bonds is 6. The molecule has 104 valence electrons. The van der Waals surface area contributed by atoms with E-state index in [-0.39, 0.29) is 0 Å². The highest BCUT2D eigenvalue weighted by Gasteiger charge is 2.04.